The Morgan fingerprint density at radius 1 is 1.67 bits per heavy atom. The predicted octanol–water partition coefficient (Wildman–Crippen LogP) is 0.0667. The van der Waals surface area contributed by atoms with Crippen LogP contribution < -0.4 is 10.9 Å². The van der Waals surface area contributed by atoms with Crippen LogP contribution in [0.15, 0.2) is 10.9 Å². The molecule has 0 aromatic carbocycles. The molecule has 0 fully saturated rings. The maximum Gasteiger partial charge on any atom is 0.251 e. The van der Waals surface area contributed by atoms with Crippen LogP contribution in [0.3, 0.4) is 0 Å². The van der Waals surface area contributed by atoms with E-state index in [-0.39, 0.29) is 11.7 Å². The molecule has 1 aromatic rings. The second-order valence-electron chi connectivity index (χ2n) is 3.46. The van der Waals surface area contributed by atoms with Gasteiger partial charge in [-0.2, -0.15) is 0 Å². The quantitative estimate of drug-likeness (QED) is 0.723. The summed E-state index contributed by atoms with van der Waals surface area (Å²) in [6.45, 7) is 2.53. The fourth-order valence-corrected chi connectivity index (χ4v) is 1.29. The Bertz CT molecular complexity index is 362. The van der Waals surface area contributed by atoms with Crippen molar-refractivity contribution in [1.82, 2.24) is 15.3 Å². The van der Waals surface area contributed by atoms with E-state index in [1.807, 2.05) is 14.0 Å². The van der Waals surface area contributed by atoms with Crippen molar-refractivity contribution >= 4 is 0 Å². The highest BCUT2D eigenvalue weighted by Gasteiger charge is 2.05. The highest BCUT2D eigenvalue weighted by molar-refractivity contribution is 5.03. The molecule has 2 N–H and O–H groups in total. The predicted molar refractivity (Wildman–Crippen MR) is 57.8 cm³/mol. The third kappa shape index (κ3) is 3.81. The van der Waals surface area contributed by atoms with E-state index in [9.17, 15) is 4.79 Å². The molecule has 1 heterocycles. The molecule has 1 aromatic heterocycles. The summed E-state index contributed by atoms with van der Waals surface area (Å²) >= 11 is 0. The largest absolute Gasteiger partial charge is 0.381 e. The van der Waals surface area contributed by atoms with E-state index in [0.717, 1.165) is 5.69 Å². The van der Waals surface area contributed by atoms with Gasteiger partial charge in [-0.3, -0.25) is 4.79 Å². The van der Waals surface area contributed by atoms with Gasteiger partial charge in [-0.25, -0.2) is 4.98 Å². The highest BCUT2D eigenvalue weighted by atomic mass is 16.5. The topological polar surface area (TPSA) is 67.0 Å². The number of nitrogens with one attached hydrogen (secondary N) is 2. The van der Waals surface area contributed by atoms with Crippen molar-refractivity contribution in [3.8, 4) is 0 Å². The van der Waals surface area contributed by atoms with Crippen LogP contribution >= 0.6 is 0 Å². The minimum Gasteiger partial charge on any atom is -0.381 e. The van der Waals surface area contributed by atoms with Crippen LogP contribution in [-0.4, -0.2) is 30.2 Å². The zero-order chi connectivity index (χ0) is 11.3. The Morgan fingerprint density at radius 3 is 3.00 bits per heavy atom. The average molecular weight is 211 g/mol. The van der Waals surface area contributed by atoms with Gasteiger partial charge in [0.2, 0.25) is 0 Å². The molecule has 1 atom stereocenters. The Morgan fingerprint density at radius 2 is 2.40 bits per heavy atom. The minimum absolute atomic E-state index is 0.0537. The van der Waals surface area contributed by atoms with Gasteiger partial charge in [0.05, 0.1) is 11.8 Å². The summed E-state index contributed by atoms with van der Waals surface area (Å²) in [4.78, 5) is 18.3. The van der Waals surface area contributed by atoms with Crippen LogP contribution in [0.1, 0.15) is 18.4 Å². The lowest BCUT2D eigenvalue weighted by molar-refractivity contribution is 0.117. The van der Waals surface area contributed by atoms with Crippen LogP contribution in [0.5, 0.6) is 0 Å². The van der Waals surface area contributed by atoms with Gasteiger partial charge < -0.3 is 15.0 Å². The Kier molecular flexibility index (Phi) is 4.45. The van der Waals surface area contributed by atoms with Crippen molar-refractivity contribution in [3.05, 3.63) is 27.9 Å². The zero-order valence-electron chi connectivity index (χ0n) is 9.33. The zero-order valence-corrected chi connectivity index (χ0v) is 9.33. The number of aromatic amines is 1. The van der Waals surface area contributed by atoms with E-state index in [4.69, 9.17) is 4.74 Å². The number of hydrogen-bond acceptors (Lipinski definition) is 4. The normalized spacial score (nSPS) is 12.7. The molecule has 5 nitrogen and oxygen atoms in total. The molecule has 0 bridgehead atoms. The average Bonchev–Trinajstić information content (AvgIpc) is 2.17. The summed E-state index contributed by atoms with van der Waals surface area (Å²) in [5.74, 6) is 0.669. The van der Waals surface area contributed by atoms with Crippen LogP contribution in [0.2, 0.25) is 0 Å². The number of rotatable bonds is 5. The molecule has 0 spiro atoms. The van der Waals surface area contributed by atoms with Gasteiger partial charge in [0.15, 0.2) is 0 Å². The maximum atomic E-state index is 11.3. The van der Waals surface area contributed by atoms with Gasteiger partial charge in [-0.05, 0) is 14.0 Å². The molecule has 0 radical (unpaired) electrons. The fourth-order valence-electron chi connectivity index (χ4n) is 1.29. The molecule has 0 aliphatic heterocycles. The van der Waals surface area contributed by atoms with Gasteiger partial charge in [0.1, 0.15) is 5.82 Å². The molecule has 0 aliphatic carbocycles. The number of hydrogen-bond donors (Lipinski definition) is 2. The maximum absolute atomic E-state index is 11.3. The first-order chi connectivity index (χ1) is 7.15. The minimum atomic E-state index is -0.117. The number of methoxy groups -OCH3 is 1. The molecule has 15 heavy (non-hydrogen) atoms. The molecule has 84 valence electrons. The van der Waals surface area contributed by atoms with E-state index in [0.29, 0.717) is 18.8 Å². The van der Waals surface area contributed by atoms with Crippen molar-refractivity contribution in [2.24, 2.45) is 0 Å². The molecule has 0 aliphatic rings. The molecule has 5 heteroatoms. The standard InChI is InChI=1S/C10H17N3O2/c1-7(15-3)4-9-12-8(6-11-2)5-10(14)13-9/h5,7,11H,4,6H2,1-3H3,(H,12,13,14). The summed E-state index contributed by atoms with van der Waals surface area (Å²) in [6, 6.07) is 1.50. The monoisotopic (exact) mass is 211 g/mol. The lowest BCUT2D eigenvalue weighted by Gasteiger charge is -2.09. The van der Waals surface area contributed by atoms with Crippen molar-refractivity contribution in [2.45, 2.75) is 26.0 Å². The lowest BCUT2D eigenvalue weighted by atomic mass is 10.2. The summed E-state index contributed by atoms with van der Waals surface area (Å²) in [5.41, 5.74) is 0.633. The number of aromatic nitrogens is 2. The SMILES string of the molecule is CNCc1cc(=O)[nH]c(CC(C)OC)n1. The first-order valence-electron chi connectivity index (χ1n) is 4.92. The van der Waals surface area contributed by atoms with E-state index in [2.05, 4.69) is 15.3 Å². The summed E-state index contributed by atoms with van der Waals surface area (Å²) in [6.07, 6.45) is 0.668. The molecule has 0 saturated carbocycles. The van der Waals surface area contributed by atoms with Crippen molar-refractivity contribution in [3.63, 3.8) is 0 Å². The molecule has 0 saturated heterocycles. The summed E-state index contributed by atoms with van der Waals surface area (Å²) in [5, 5.41) is 2.96. The Balaban J connectivity index is 2.83. The molecule has 0 amide bonds. The first kappa shape index (κ1) is 11.9. The van der Waals surface area contributed by atoms with Crippen molar-refractivity contribution in [1.29, 1.82) is 0 Å². The van der Waals surface area contributed by atoms with Crippen LogP contribution in [0.4, 0.5) is 0 Å². The lowest BCUT2D eigenvalue weighted by Crippen LogP contribution is -2.19. The third-order valence-electron chi connectivity index (χ3n) is 2.08. The second-order valence-corrected chi connectivity index (χ2v) is 3.46. The summed E-state index contributed by atoms with van der Waals surface area (Å²) < 4.78 is 5.12. The van der Waals surface area contributed by atoms with E-state index >= 15 is 0 Å². The Labute approximate surface area is 88.9 Å². The van der Waals surface area contributed by atoms with Gasteiger partial charge in [-0.15, -0.1) is 0 Å². The third-order valence-corrected chi connectivity index (χ3v) is 2.08. The van der Waals surface area contributed by atoms with E-state index in [1.54, 1.807) is 7.11 Å². The van der Waals surface area contributed by atoms with Gasteiger partial charge in [0.25, 0.3) is 5.56 Å². The van der Waals surface area contributed by atoms with Crippen LogP contribution in [0.25, 0.3) is 0 Å². The van der Waals surface area contributed by atoms with Crippen molar-refractivity contribution < 1.29 is 4.74 Å². The Hall–Kier alpha value is -1.20. The van der Waals surface area contributed by atoms with Gasteiger partial charge in [0, 0.05) is 26.1 Å². The van der Waals surface area contributed by atoms with Crippen LogP contribution in [-0.2, 0) is 17.7 Å². The summed E-state index contributed by atoms with van der Waals surface area (Å²) in [7, 11) is 3.46. The van der Waals surface area contributed by atoms with E-state index < -0.39 is 0 Å². The molecular formula is C10H17N3O2. The number of ether oxygens (including phenoxy) is 1. The number of nitrogens with zero attached hydrogens (tertiary/aromatic N) is 1. The van der Waals surface area contributed by atoms with E-state index in [1.165, 1.54) is 6.07 Å². The highest BCUT2D eigenvalue weighted by Crippen LogP contribution is 1.99. The first-order valence-corrected chi connectivity index (χ1v) is 4.92. The van der Waals surface area contributed by atoms with Crippen LogP contribution in [0, 0.1) is 0 Å². The number of H-pyrrole nitrogens is 1. The molecule has 1 rings (SSSR count). The molecular weight excluding hydrogens is 194 g/mol. The van der Waals surface area contributed by atoms with Gasteiger partial charge >= 0.3 is 0 Å². The second kappa shape index (κ2) is 5.63. The van der Waals surface area contributed by atoms with Gasteiger partial charge in [-0.1, -0.05) is 0 Å². The van der Waals surface area contributed by atoms with Crippen molar-refractivity contribution in [2.75, 3.05) is 14.2 Å². The smallest absolute Gasteiger partial charge is 0.251 e. The molecule has 1 unspecified atom stereocenters. The fraction of sp³-hybridized carbons (Fsp3) is 0.600.